The Kier molecular flexibility index (Phi) is 6.27. The van der Waals surface area contributed by atoms with Crippen LogP contribution in [0.5, 0.6) is 0 Å². The summed E-state index contributed by atoms with van der Waals surface area (Å²) in [4.78, 5) is 0. The molecule has 8 heavy (non-hydrogen) atoms. The number of rotatable bonds is 0. The third-order valence-corrected chi connectivity index (χ3v) is 0. The largest absolute Gasteiger partial charge is 0 e. The Morgan fingerprint density at radius 2 is 0.750 bits per heavy atom. The van der Waals surface area contributed by atoms with Crippen LogP contribution in [0.25, 0.3) is 0 Å². The molecule has 1 radical (unpaired) electrons. The molecule has 0 aromatic carbocycles. The van der Waals surface area contributed by atoms with E-state index in [9.17, 15) is 0 Å². The van der Waals surface area contributed by atoms with E-state index in [1.54, 1.807) is 0 Å². The van der Waals surface area contributed by atoms with E-state index in [-0.39, 0.29) is 36.3 Å². The molecule has 0 fully saturated rings. The van der Waals surface area contributed by atoms with Crippen molar-refractivity contribution in [2.24, 2.45) is 0 Å². The van der Waals surface area contributed by atoms with Gasteiger partial charge in [0.25, 0.3) is 0 Å². The van der Waals surface area contributed by atoms with E-state index in [1.165, 1.54) is 0 Å². The Bertz CT molecular complexity index is 282. The molecule has 0 aromatic rings. The molecular formula is CoNbO5Zn. The van der Waals surface area contributed by atoms with Crippen LogP contribution in [-0.4, -0.2) is 0 Å². The normalized spacial score (nSPS) is 7.50. The van der Waals surface area contributed by atoms with Crippen LogP contribution >= 0.6 is 0 Å². The molecule has 0 aliphatic heterocycles. The third-order valence-electron chi connectivity index (χ3n) is 0. The van der Waals surface area contributed by atoms with Crippen molar-refractivity contribution in [3.63, 3.8) is 0 Å². The maximum Gasteiger partial charge on any atom is 0 e. The summed E-state index contributed by atoms with van der Waals surface area (Å²) in [6, 6.07) is 0. The molecule has 8 heteroatoms. The van der Waals surface area contributed by atoms with Crippen LogP contribution in [-0.2, 0) is 68.2 Å². The van der Waals surface area contributed by atoms with Gasteiger partial charge in [0, 0.05) is 36.3 Å². The summed E-state index contributed by atoms with van der Waals surface area (Å²) >= 11 is -7.94. The first-order chi connectivity index (χ1) is 2.24. The minimum Gasteiger partial charge on any atom is 0 e. The van der Waals surface area contributed by atoms with E-state index in [0.717, 1.165) is 0 Å². The summed E-state index contributed by atoms with van der Waals surface area (Å²) < 4.78 is 43.3. The predicted molar refractivity (Wildman–Crippen MR) is 3.43 cm³/mol. The molecule has 0 atom stereocenters. The van der Waals surface area contributed by atoms with Crippen molar-refractivity contribution in [3.8, 4) is 0 Å². The van der Waals surface area contributed by atoms with Crippen LogP contribution in [0.3, 0.4) is 0 Å². The smallest absolute Gasteiger partial charge is 0 e. The van der Waals surface area contributed by atoms with Gasteiger partial charge in [0.05, 0.1) is 0 Å². The molecule has 0 saturated heterocycles. The van der Waals surface area contributed by atoms with Crippen LogP contribution in [0, 0.1) is 0 Å². The fourth-order valence-electron chi connectivity index (χ4n) is 0. The quantitative estimate of drug-likeness (QED) is 0.557. The Hall–Kier alpha value is 0.870. The van der Waals surface area contributed by atoms with Gasteiger partial charge in [0.15, 0.2) is 0 Å². The molecule has 46 valence electrons. The fraction of sp³-hybridized carbons (Fsp3) is 0. The van der Waals surface area contributed by atoms with E-state index in [2.05, 4.69) is 0 Å². The molecule has 0 unspecified atom stereocenters. The van der Waals surface area contributed by atoms with E-state index in [4.69, 9.17) is 16.3 Å². The van der Waals surface area contributed by atoms with Crippen molar-refractivity contribution in [3.05, 3.63) is 0 Å². The summed E-state index contributed by atoms with van der Waals surface area (Å²) in [7, 11) is 0. The summed E-state index contributed by atoms with van der Waals surface area (Å²) in [5, 5.41) is 0. The van der Waals surface area contributed by atoms with Crippen LogP contribution in [0.4, 0.5) is 0 Å². The summed E-state index contributed by atoms with van der Waals surface area (Å²) in [5.41, 5.74) is 0. The van der Waals surface area contributed by atoms with E-state index < -0.39 is 15.7 Å². The molecule has 0 N–H and O–H groups in total. The molecule has 0 aliphatic carbocycles. The van der Waals surface area contributed by atoms with Gasteiger partial charge in [0.2, 0.25) is 0 Å². The maximum absolute atomic E-state index is 8.66. The second-order valence-corrected chi connectivity index (χ2v) is 4.41. The van der Waals surface area contributed by atoms with Crippen molar-refractivity contribution >= 4 is 0 Å². The molecule has 0 amide bonds. The zero-order valence-corrected chi connectivity index (χ0v) is 9.74. The molecule has 0 heterocycles. The zero-order valence-electron chi connectivity index (χ0n) is 3.53. The second kappa shape index (κ2) is 3.14. The molecule has 0 aromatic heterocycles. The molecule has 0 rings (SSSR count). The van der Waals surface area contributed by atoms with E-state index in [0.29, 0.717) is 0 Å². The predicted octanol–water partition coefficient (Wildman–Crippen LogP) is -0.601. The average molecular weight is 297 g/mol. The van der Waals surface area contributed by atoms with Crippen molar-refractivity contribution in [1.29, 1.82) is 0 Å². The zero-order chi connectivity index (χ0) is 5.45. The maximum atomic E-state index is 8.66. The van der Waals surface area contributed by atoms with Crippen molar-refractivity contribution in [2.45, 2.75) is 0 Å². The molecule has 0 spiro atoms. The van der Waals surface area contributed by atoms with Gasteiger partial charge in [-0.2, -0.15) is 0 Å². The molecule has 0 aliphatic rings. The summed E-state index contributed by atoms with van der Waals surface area (Å²) in [6.07, 6.45) is 0. The first-order valence-corrected chi connectivity index (χ1v) is 5.40. The van der Waals surface area contributed by atoms with E-state index >= 15 is 0 Å². The molecule has 0 bridgehead atoms. The van der Waals surface area contributed by atoms with Gasteiger partial charge >= 0.3 is 31.9 Å². The van der Waals surface area contributed by atoms with Gasteiger partial charge < -0.3 is 0 Å². The number of hydrogen-bond donors (Lipinski definition) is 0. The Balaban J connectivity index is -0.000000125. The summed E-state index contributed by atoms with van der Waals surface area (Å²) in [5.74, 6) is 0. The molecular weight excluding hydrogens is 297 g/mol. The van der Waals surface area contributed by atoms with Gasteiger partial charge in [-0.15, -0.1) is 0 Å². The summed E-state index contributed by atoms with van der Waals surface area (Å²) in [6.45, 7) is 0. The van der Waals surface area contributed by atoms with Gasteiger partial charge in [-0.3, -0.25) is 0 Å². The van der Waals surface area contributed by atoms with Crippen molar-refractivity contribution in [2.75, 3.05) is 0 Å². The van der Waals surface area contributed by atoms with E-state index in [1.807, 2.05) is 0 Å². The Labute approximate surface area is 67.8 Å². The Morgan fingerprint density at radius 3 is 0.750 bits per heavy atom. The second-order valence-electron chi connectivity index (χ2n) is 0.745. The number of hydrogen-bond acceptors (Lipinski definition) is 5. The first-order valence-electron chi connectivity index (χ1n) is 0.913. The SMILES string of the molecule is [Co].[O]=[Nb](=[O])(=[O])(=[O])=[O].[Zn]. The first kappa shape index (κ1) is 15.9. The average Bonchev–Trinajstić information content (AvgIpc) is 0.650. The van der Waals surface area contributed by atoms with Gasteiger partial charge in [-0.25, -0.2) is 0 Å². The van der Waals surface area contributed by atoms with Gasteiger partial charge in [-0.05, 0) is 0 Å². The minimum absolute atomic E-state index is 0. The van der Waals surface area contributed by atoms with Gasteiger partial charge in [0.1, 0.15) is 0 Å². The topological polar surface area (TPSA) is 85.3 Å². The standard InChI is InChI=1S/Co.Nb.5O.Zn. The molecule has 5 nitrogen and oxygen atoms in total. The van der Waals surface area contributed by atoms with Crippen LogP contribution in [0.1, 0.15) is 0 Å². The fourth-order valence-corrected chi connectivity index (χ4v) is 0. The van der Waals surface area contributed by atoms with Crippen molar-refractivity contribution < 1.29 is 68.2 Å². The minimum atomic E-state index is -7.94. The van der Waals surface area contributed by atoms with Crippen molar-refractivity contribution in [1.82, 2.24) is 0 Å². The van der Waals surface area contributed by atoms with Crippen LogP contribution in [0.2, 0.25) is 0 Å². The van der Waals surface area contributed by atoms with Crippen LogP contribution < -0.4 is 0 Å². The third kappa shape index (κ3) is 313. The monoisotopic (exact) mass is 296 g/mol. The Morgan fingerprint density at radius 1 is 0.750 bits per heavy atom. The van der Waals surface area contributed by atoms with Crippen LogP contribution in [0.15, 0.2) is 0 Å². The molecule has 0 saturated carbocycles. The van der Waals surface area contributed by atoms with Gasteiger partial charge in [-0.1, -0.05) is 0 Å².